The Morgan fingerprint density at radius 1 is 1.16 bits per heavy atom. The van der Waals surface area contributed by atoms with E-state index in [0.29, 0.717) is 17.9 Å². The van der Waals surface area contributed by atoms with E-state index in [1.54, 1.807) is 6.07 Å². The van der Waals surface area contributed by atoms with Gasteiger partial charge in [0.05, 0.1) is 10.0 Å². The van der Waals surface area contributed by atoms with Crippen molar-refractivity contribution < 1.29 is 4.74 Å². The predicted molar refractivity (Wildman–Crippen MR) is 82.1 cm³/mol. The summed E-state index contributed by atoms with van der Waals surface area (Å²) >= 11 is 6.77. The molecule has 2 rings (SSSR count). The van der Waals surface area contributed by atoms with Gasteiger partial charge >= 0.3 is 0 Å². The van der Waals surface area contributed by atoms with Crippen LogP contribution in [-0.2, 0) is 6.61 Å². The van der Waals surface area contributed by atoms with Gasteiger partial charge in [-0.05, 0) is 40.5 Å². The smallest absolute Gasteiger partial charge is 0.151 e. The number of aryl methyl sites for hydroxylation is 1. The zero-order valence-corrected chi connectivity index (χ0v) is 13.5. The average molecular weight is 381 g/mol. The second kappa shape index (κ2) is 6.23. The van der Waals surface area contributed by atoms with E-state index in [1.807, 2.05) is 37.3 Å². The Morgan fingerprint density at radius 3 is 2.47 bits per heavy atom. The molecule has 2 aromatic carbocycles. The summed E-state index contributed by atoms with van der Waals surface area (Å²) in [6.07, 6.45) is 0. The summed E-state index contributed by atoms with van der Waals surface area (Å²) in [5, 5.41) is 9.13. The molecule has 96 valence electrons. The van der Waals surface area contributed by atoms with Crippen LogP contribution in [0.2, 0.25) is 0 Å². The van der Waals surface area contributed by atoms with Crippen LogP contribution < -0.4 is 4.74 Å². The van der Waals surface area contributed by atoms with Gasteiger partial charge < -0.3 is 4.74 Å². The molecule has 2 aromatic rings. The van der Waals surface area contributed by atoms with Crippen LogP contribution in [0.25, 0.3) is 0 Å². The highest BCUT2D eigenvalue weighted by atomic mass is 79.9. The summed E-state index contributed by atoms with van der Waals surface area (Å²) in [5.41, 5.74) is 2.80. The Hall–Kier alpha value is -1.31. The third-order valence-corrected chi connectivity index (χ3v) is 3.68. The van der Waals surface area contributed by atoms with Crippen molar-refractivity contribution in [1.82, 2.24) is 0 Å². The van der Waals surface area contributed by atoms with Crippen molar-refractivity contribution in [2.75, 3.05) is 0 Å². The maximum atomic E-state index is 9.13. The molecule has 0 atom stereocenters. The SMILES string of the molecule is Cc1ccc(COc2c(Br)cc(Br)cc2C#N)cc1. The summed E-state index contributed by atoms with van der Waals surface area (Å²) in [7, 11) is 0. The van der Waals surface area contributed by atoms with Crippen molar-refractivity contribution in [2.24, 2.45) is 0 Å². The van der Waals surface area contributed by atoms with Gasteiger partial charge in [-0.15, -0.1) is 0 Å². The molecular formula is C15H11Br2NO. The number of halogens is 2. The minimum Gasteiger partial charge on any atom is -0.486 e. The van der Waals surface area contributed by atoms with Crippen molar-refractivity contribution in [3.63, 3.8) is 0 Å². The number of nitrogens with zero attached hydrogens (tertiary/aromatic N) is 1. The first-order chi connectivity index (χ1) is 9.10. The number of benzene rings is 2. The van der Waals surface area contributed by atoms with Gasteiger partial charge in [-0.3, -0.25) is 0 Å². The van der Waals surface area contributed by atoms with Crippen LogP contribution in [0.4, 0.5) is 0 Å². The topological polar surface area (TPSA) is 33.0 Å². The van der Waals surface area contributed by atoms with Crippen molar-refractivity contribution in [3.8, 4) is 11.8 Å². The highest BCUT2D eigenvalue weighted by molar-refractivity contribution is 9.11. The molecule has 0 aromatic heterocycles. The van der Waals surface area contributed by atoms with Gasteiger partial charge in [0.25, 0.3) is 0 Å². The summed E-state index contributed by atoms with van der Waals surface area (Å²) in [5.74, 6) is 0.575. The normalized spacial score (nSPS) is 10.0. The summed E-state index contributed by atoms with van der Waals surface area (Å²) in [6.45, 7) is 2.49. The molecule has 0 unspecified atom stereocenters. The molecule has 0 fully saturated rings. The highest BCUT2D eigenvalue weighted by Crippen LogP contribution is 2.33. The van der Waals surface area contributed by atoms with Crippen LogP contribution in [-0.4, -0.2) is 0 Å². The number of rotatable bonds is 3. The summed E-state index contributed by atoms with van der Waals surface area (Å²) < 4.78 is 7.36. The molecule has 0 amide bonds. The molecule has 0 radical (unpaired) electrons. The Balaban J connectivity index is 2.20. The van der Waals surface area contributed by atoms with Gasteiger partial charge in [-0.1, -0.05) is 45.8 Å². The van der Waals surface area contributed by atoms with Crippen molar-refractivity contribution >= 4 is 31.9 Å². The van der Waals surface area contributed by atoms with Crippen molar-refractivity contribution in [3.05, 3.63) is 62.0 Å². The fraction of sp³-hybridized carbons (Fsp3) is 0.133. The number of hydrogen-bond donors (Lipinski definition) is 0. The second-order valence-electron chi connectivity index (χ2n) is 4.15. The molecule has 0 spiro atoms. The molecular weight excluding hydrogens is 370 g/mol. The zero-order chi connectivity index (χ0) is 13.8. The van der Waals surface area contributed by atoms with E-state index in [4.69, 9.17) is 10.00 Å². The third-order valence-electron chi connectivity index (χ3n) is 2.63. The van der Waals surface area contributed by atoms with Gasteiger partial charge in [-0.2, -0.15) is 5.26 Å². The minimum atomic E-state index is 0.440. The Bertz CT molecular complexity index is 630. The van der Waals surface area contributed by atoms with Crippen molar-refractivity contribution in [2.45, 2.75) is 13.5 Å². The lowest BCUT2D eigenvalue weighted by atomic mass is 10.1. The number of hydrogen-bond acceptors (Lipinski definition) is 2. The van der Waals surface area contributed by atoms with E-state index >= 15 is 0 Å². The molecule has 0 aliphatic carbocycles. The van der Waals surface area contributed by atoms with E-state index < -0.39 is 0 Å². The second-order valence-corrected chi connectivity index (χ2v) is 5.92. The Morgan fingerprint density at radius 2 is 1.84 bits per heavy atom. The number of ether oxygens (including phenoxy) is 1. The van der Waals surface area contributed by atoms with E-state index in [1.165, 1.54) is 5.56 Å². The fourth-order valence-electron chi connectivity index (χ4n) is 1.63. The molecule has 0 bridgehead atoms. The van der Waals surface area contributed by atoms with Gasteiger partial charge in [0.15, 0.2) is 5.75 Å². The largest absolute Gasteiger partial charge is 0.486 e. The highest BCUT2D eigenvalue weighted by Gasteiger charge is 2.10. The molecule has 0 heterocycles. The van der Waals surface area contributed by atoms with E-state index in [-0.39, 0.29) is 0 Å². The standard InChI is InChI=1S/C15H11Br2NO/c1-10-2-4-11(5-3-10)9-19-15-12(8-18)6-13(16)7-14(15)17/h2-7H,9H2,1H3. The lowest BCUT2D eigenvalue weighted by Crippen LogP contribution is -1.98. The third kappa shape index (κ3) is 3.59. The average Bonchev–Trinajstić information content (AvgIpc) is 2.39. The van der Waals surface area contributed by atoms with Crippen LogP contribution in [0.15, 0.2) is 45.3 Å². The molecule has 0 aliphatic rings. The van der Waals surface area contributed by atoms with E-state index in [0.717, 1.165) is 14.5 Å². The van der Waals surface area contributed by atoms with Crippen molar-refractivity contribution in [1.29, 1.82) is 5.26 Å². The maximum Gasteiger partial charge on any atom is 0.151 e. The van der Waals surface area contributed by atoms with Crippen LogP contribution in [0, 0.1) is 18.3 Å². The Kier molecular flexibility index (Phi) is 4.62. The zero-order valence-electron chi connectivity index (χ0n) is 10.3. The molecule has 2 nitrogen and oxygen atoms in total. The van der Waals surface area contributed by atoms with E-state index in [2.05, 4.69) is 37.9 Å². The maximum absolute atomic E-state index is 9.13. The van der Waals surface area contributed by atoms with E-state index in [9.17, 15) is 0 Å². The first-order valence-electron chi connectivity index (χ1n) is 5.67. The molecule has 0 saturated heterocycles. The number of nitriles is 1. The quantitative estimate of drug-likeness (QED) is 0.752. The summed E-state index contributed by atoms with van der Waals surface area (Å²) in [6, 6.07) is 13.9. The lowest BCUT2D eigenvalue weighted by Gasteiger charge is -2.10. The van der Waals surface area contributed by atoms with Gasteiger partial charge in [-0.25, -0.2) is 0 Å². The fourth-order valence-corrected chi connectivity index (χ4v) is 2.97. The lowest BCUT2D eigenvalue weighted by molar-refractivity contribution is 0.303. The van der Waals surface area contributed by atoms with Gasteiger partial charge in [0.2, 0.25) is 0 Å². The first-order valence-corrected chi connectivity index (χ1v) is 7.26. The minimum absolute atomic E-state index is 0.440. The first kappa shape index (κ1) is 14.1. The van der Waals surface area contributed by atoms with Crippen LogP contribution >= 0.6 is 31.9 Å². The van der Waals surface area contributed by atoms with Gasteiger partial charge in [0.1, 0.15) is 12.7 Å². The van der Waals surface area contributed by atoms with Crippen LogP contribution in [0.5, 0.6) is 5.75 Å². The van der Waals surface area contributed by atoms with Gasteiger partial charge in [0, 0.05) is 4.47 Å². The summed E-state index contributed by atoms with van der Waals surface area (Å²) in [4.78, 5) is 0. The monoisotopic (exact) mass is 379 g/mol. The Labute approximate surface area is 129 Å². The molecule has 0 N–H and O–H groups in total. The predicted octanol–water partition coefficient (Wildman–Crippen LogP) is 4.97. The van der Waals surface area contributed by atoms with Crippen LogP contribution in [0.3, 0.4) is 0 Å². The molecule has 0 aliphatic heterocycles. The molecule has 4 heteroatoms. The molecule has 19 heavy (non-hydrogen) atoms. The molecule has 0 saturated carbocycles. The van der Waals surface area contributed by atoms with Crippen LogP contribution in [0.1, 0.15) is 16.7 Å².